The van der Waals surface area contributed by atoms with E-state index >= 15 is 0 Å². The lowest BCUT2D eigenvalue weighted by molar-refractivity contribution is 0.340. The second-order valence-corrected chi connectivity index (χ2v) is 4.67. The molecule has 0 radical (unpaired) electrons. The van der Waals surface area contributed by atoms with Gasteiger partial charge in [0.25, 0.3) is 0 Å². The Kier molecular flexibility index (Phi) is 6.13. The van der Waals surface area contributed by atoms with Crippen LogP contribution in [0.1, 0.15) is 45.2 Å². The van der Waals surface area contributed by atoms with Crippen LogP contribution in [-0.2, 0) is 0 Å². The Bertz CT molecular complexity index is 368. The molecule has 0 bridgehead atoms. The van der Waals surface area contributed by atoms with Gasteiger partial charge >= 0.3 is 0 Å². The standard InChI is InChI=1S/C15H24FNO/c1-5-10-17-15(11(3)6-2)14-12(16)8-7-9-13(14)18-4/h7-9,11,15,17H,5-6,10H2,1-4H3. The van der Waals surface area contributed by atoms with Gasteiger partial charge in [-0.1, -0.05) is 33.3 Å². The maximum absolute atomic E-state index is 14.1. The molecule has 0 spiro atoms. The van der Waals surface area contributed by atoms with Crippen LogP contribution in [0.4, 0.5) is 4.39 Å². The Labute approximate surface area is 110 Å². The lowest BCUT2D eigenvalue weighted by Crippen LogP contribution is -2.28. The van der Waals surface area contributed by atoms with Crippen LogP contribution in [0.2, 0.25) is 0 Å². The minimum atomic E-state index is -0.191. The Hall–Kier alpha value is -1.09. The highest BCUT2D eigenvalue weighted by molar-refractivity contribution is 5.37. The number of ether oxygens (including phenoxy) is 1. The Morgan fingerprint density at radius 1 is 1.33 bits per heavy atom. The summed E-state index contributed by atoms with van der Waals surface area (Å²) in [5, 5.41) is 3.43. The zero-order valence-corrected chi connectivity index (χ0v) is 11.8. The molecular weight excluding hydrogens is 229 g/mol. The smallest absolute Gasteiger partial charge is 0.131 e. The topological polar surface area (TPSA) is 21.3 Å². The van der Waals surface area contributed by atoms with Crippen LogP contribution in [0, 0.1) is 11.7 Å². The maximum atomic E-state index is 14.1. The lowest BCUT2D eigenvalue weighted by atomic mass is 9.91. The fraction of sp³-hybridized carbons (Fsp3) is 0.600. The van der Waals surface area contributed by atoms with Gasteiger partial charge in [0.05, 0.1) is 7.11 Å². The predicted molar refractivity (Wildman–Crippen MR) is 73.4 cm³/mol. The molecule has 0 aliphatic heterocycles. The summed E-state index contributed by atoms with van der Waals surface area (Å²) in [5.41, 5.74) is 0.655. The Morgan fingerprint density at radius 3 is 2.61 bits per heavy atom. The highest BCUT2D eigenvalue weighted by Crippen LogP contribution is 2.33. The summed E-state index contributed by atoms with van der Waals surface area (Å²) in [6.45, 7) is 7.25. The highest BCUT2D eigenvalue weighted by atomic mass is 19.1. The van der Waals surface area contributed by atoms with Gasteiger partial charge in [0.1, 0.15) is 11.6 Å². The first kappa shape index (κ1) is 15.0. The zero-order valence-electron chi connectivity index (χ0n) is 11.8. The Morgan fingerprint density at radius 2 is 2.06 bits per heavy atom. The number of hydrogen-bond donors (Lipinski definition) is 1. The minimum absolute atomic E-state index is 0.00565. The van der Waals surface area contributed by atoms with Gasteiger partial charge in [-0.05, 0) is 31.0 Å². The van der Waals surface area contributed by atoms with Crippen molar-refractivity contribution in [3.63, 3.8) is 0 Å². The molecule has 1 aromatic carbocycles. The third-order valence-corrected chi connectivity index (χ3v) is 3.37. The Balaban J connectivity index is 3.10. The SMILES string of the molecule is CCCNC(c1c(F)cccc1OC)C(C)CC. The number of nitrogens with one attached hydrogen (secondary N) is 1. The second-order valence-electron chi connectivity index (χ2n) is 4.67. The van der Waals surface area contributed by atoms with E-state index in [0.29, 0.717) is 17.2 Å². The molecule has 0 aromatic heterocycles. The van der Waals surface area contributed by atoms with Crippen molar-refractivity contribution in [3.05, 3.63) is 29.6 Å². The van der Waals surface area contributed by atoms with E-state index in [2.05, 4.69) is 26.1 Å². The molecule has 1 aromatic rings. The molecule has 2 unspecified atom stereocenters. The van der Waals surface area contributed by atoms with Gasteiger partial charge in [0.2, 0.25) is 0 Å². The van der Waals surface area contributed by atoms with E-state index in [0.717, 1.165) is 19.4 Å². The average Bonchev–Trinajstić information content (AvgIpc) is 2.39. The van der Waals surface area contributed by atoms with Crippen molar-refractivity contribution in [1.29, 1.82) is 0 Å². The summed E-state index contributed by atoms with van der Waals surface area (Å²) < 4.78 is 19.4. The highest BCUT2D eigenvalue weighted by Gasteiger charge is 2.24. The molecule has 0 heterocycles. The van der Waals surface area contributed by atoms with Crippen molar-refractivity contribution in [3.8, 4) is 5.75 Å². The lowest BCUT2D eigenvalue weighted by Gasteiger charge is -2.26. The minimum Gasteiger partial charge on any atom is -0.496 e. The number of halogens is 1. The zero-order chi connectivity index (χ0) is 13.5. The van der Waals surface area contributed by atoms with Gasteiger partial charge in [-0.3, -0.25) is 0 Å². The fourth-order valence-corrected chi connectivity index (χ4v) is 2.12. The number of benzene rings is 1. The predicted octanol–water partition coefficient (Wildman–Crippen LogP) is 3.92. The van der Waals surface area contributed by atoms with Gasteiger partial charge in [-0.2, -0.15) is 0 Å². The van der Waals surface area contributed by atoms with Gasteiger partial charge < -0.3 is 10.1 Å². The van der Waals surface area contributed by atoms with Gasteiger partial charge in [-0.25, -0.2) is 4.39 Å². The molecule has 0 fully saturated rings. The van der Waals surface area contributed by atoms with E-state index in [1.54, 1.807) is 13.2 Å². The molecule has 0 aliphatic rings. The van der Waals surface area contributed by atoms with E-state index in [1.807, 2.05) is 6.07 Å². The summed E-state index contributed by atoms with van der Waals surface area (Å²) >= 11 is 0. The van der Waals surface area contributed by atoms with Crippen LogP contribution in [0.5, 0.6) is 5.75 Å². The molecular formula is C15H24FNO. The summed E-state index contributed by atoms with van der Waals surface area (Å²) in [7, 11) is 1.59. The fourth-order valence-electron chi connectivity index (χ4n) is 2.12. The largest absolute Gasteiger partial charge is 0.496 e. The van der Waals surface area contributed by atoms with Crippen molar-refractivity contribution < 1.29 is 9.13 Å². The van der Waals surface area contributed by atoms with Gasteiger partial charge in [0, 0.05) is 11.6 Å². The van der Waals surface area contributed by atoms with Gasteiger partial charge in [-0.15, -0.1) is 0 Å². The average molecular weight is 253 g/mol. The van der Waals surface area contributed by atoms with Crippen molar-refractivity contribution in [2.45, 2.75) is 39.7 Å². The molecule has 0 amide bonds. The van der Waals surface area contributed by atoms with Gasteiger partial charge in [0.15, 0.2) is 0 Å². The first-order chi connectivity index (χ1) is 8.65. The van der Waals surface area contributed by atoms with Crippen LogP contribution in [0.15, 0.2) is 18.2 Å². The number of rotatable bonds is 7. The molecule has 1 rings (SSSR count). The monoisotopic (exact) mass is 253 g/mol. The molecule has 0 saturated heterocycles. The molecule has 2 nitrogen and oxygen atoms in total. The molecule has 18 heavy (non-hydrogen) atoms. The second kappa shape index (κ2) is 7.37. The van der Waals surface area contributed by atoms with Crippen LogP contribution in [0.3, 0.4) is 0 Å². The van der Waals surface area contributed by atoms with E-state index in [4.69, 9.17) is 4.74 Å². The van der Waals surface area contributed by atoms with Crippen molar-refractivity contribution in [1.82, 2.24) is 5.32 Å². The molecule has 0 saturated carbocycles. The molecule has 2 atom stereocenters. The number of methoxy groups -OCH3 is 1. The molecule has 0 aliphatic carbocycles. The molecule has 3 heteroatoms. The first-order valence-corrected chi connectivity index (χ1v) is 6.71. The third kappa shape index (κ3) is 3.45. The summed E-state index contributed by atoms with van der Waals surface area (Å²) in [5.74, 6) is 0.800. The normalized spacial score (nSPS) is 14.3. The summed E-state index contributed by atoms with van der Waals surface area (Å²) in [4.78, 5) is 0. The van der Waals surface area contributed by atoms with Crippen LogP contribution >= 0.6 is 0 Å². The number of hydrogen-bond acceptors (Lipinski definition) is 2. The van der Waals surface area contributed by atoms with Crippen LogP contribution in [0.25, 0.3) is 0 Å². The van der Waals surface area contributed by atoms with Crippen molar-refractivity contribution in [2.75, 3.05) is 13.7 Å². The summed E-state index contributed by atoms with van der Waals surface area (Å²) in [6, 6.07) is 5.01. The van der Waals surface area contributed by atoms with Crippen LogP contribution < -0.4 is 10.1 Å². The van der Waals surface area contributed by atoms with Crippen molar-refractivity contribution >= 4 is 0 Å². The van der Waals surface area contributed by atoms with E-state index in [-0.39, 0.29) is 11.9 Å². The first-order valence-electron chi connectivity index (χ1n) is 6.71. The van der Waals surface area contributed by atoms with Crippen molar-refractivity contribution in [2.24, 2.45) is 5.92 Å². The molecule has 102 valence electrons. The quantitative estimate of drug-likeness (QED) is 0.795. The molecule has 1 N–H and O–H groups in total. The van der Waals surface area contributed by atoms with Crippen LogP contribution in [-0.4, -0.2) is 13.7 Å². The summed E-state index contributed by atoms with van der Waals surface area (Å²) in [6.07, 6.45) is 2.03. The maximum Gasteiger partial charge on any atom is 0.131 e. The van der Waals surface area contributed by atoms with E-state index in [9.17, 15) is 4.39 Å². The third-order valence-electron chi connectivity index (χ3n) is 3.37. The van der Waals surface area contributed by atoms with E-state index in [1.165, 1.54) is 6.07 Å². The van der Waals surface area contributed by atoms with E-state index < -0.39 is 0 Å².